The third-order valence-electron chi connectivity index (χ3n) is 0.802. The maximum atomic E-state index is 11.8. The van der Waals surface area contributed by atoms with Crippen LogP contribution >= 0.6 is 0 Å². The maximum absolute atomic E-state index is 11.8. The van der Waals surface area contributed by atoms with Crippen LogP contribution in [0.4, 0.5) is 13.2 Å². The van der Waals surface area contributed by atoms with Crippen molar-refractivity contribution in [2.45, 2.75) is 6.92 Å². The summed E-state index contributed by atoms with van der Waals surface area (Å²) in [6, 6.07) is 0. The number of halogens is 3. The molecular formula is C4H5F3O2S. The number of hydrogen-bond acceptors (Lipinski definition) is 2. The van der Waals surface area contributed by atoms with Gasteiger partial charge in [0.05, 0.1) is 5.75 Å². The van der Waals surface area contributed by atoms with E-state index in [1.807, 2.05) is 0 Å². The minimum atomic E-state index is -4.33. The largest absolute Gasteiger partial charge is 0.317 e. The number of hydrogen-bond donors (Lipinski definition) is 0. The summed E-state index contributed by atoms with van der Waals surface area (Å²) in [4.78, 5) is 0. The van der Waals surface area contributed by atoms with Gasteiger partial charge < -0.3 is 0 Å². The van der Waals surface area contributed by atoms with Crippen LogP contribution in [0.2, 0.25) is 0 Å². The summed E-state index contributed by atoms with van der Waals surface area (Å²) in [6.45, 7) is 1.08. The van der Waals surface area contributed by atoms with Crippen molar-refractivity contribution >= 4 is 9.84 Å². The van der Waals surface area contributed by atoms with E-state index in [9.17, 15) is 21.6 Å². The molecule has 0 unspecified atom stereocenters. The quantitative estimate of drug-likeness (QED) is 0.635. The minimum Gasteiger partial charge on any atom is -0.221 e. The average molecular weight is 174 g/mol. The van der Waals surface area contributed by atoms with E-state index in [0.29, 0.717) is 0 Å². The molecule has 2 nitrogen and oxygen atoms in total. The highest BCUT2D eigenvalue weighted by Gasteiger charge is 2.20. The molecule has 0 fully saturated rings. The van der Waals surface area contributed by atoms with Crippen molar-refractivity contribution in [2.75, 3.05) is 5.75 Å². The second kappa shape index (κ2) is 3.05. The molecule has 0 radical (unpaired) electrons. The van der Waals surface area contributed by atoms with Crippen LogP contribution in [0.25, 0.3) is 0 Å². The van der Waals surface area contributed by atoms with Gasteiger partial charge in [0.2, 0.25) is 9.84 Å². The fourth-order valence-electron chi connectivity index (χ4n) is 0.244. The Bertz CT molecular complexity index is 237. The van der Waals surface area contributed by atoms with Gasteiger partial charge in [0, 0.05) is 0 Å². The van der Waals surface area contributed by atoms with E-state index in [1.165, 1.54) is 0 Å². The molecule has 0 aliphatic carbocycles. The Balaban J connectivity index is 4.87. The SMILES string of the molecule is CCS(=O)(=O)C(F)=C(F)F. The van der Waals surface area contributed by atoms with Gasteiger partial charge in [0.25, 0.3) is 5.16 Å². The van der Waals surface area contributed by atoms with E-state index >= 15 is 0 Å². The molecule has 0 rings (SSSR count). The van der Waals surface area contributed by atoms with Crippen molar-refractivity contribution in [1.29, 1.82) is 0 Å². The van der Waals surface area contributed by atoms with E-state index in [-0.39, 0.29) is 0 Å². The van der Waals surface area contributed by atoms with E-state index in [4.69, 9.17) is 0 Å². The third-order valence-corrected chi connectivity index (χ3v) is 2.26. The van der Waals surface area contributed by atoms with Gasteiger partial charge in [-0.2, -0.15) is 13.2 Å². The van der Waals surface area contributed by atoms with Crippen LogP contribution in [0, 0.1) is 0 Å². The lowest BCUT2D eigenvalue weighted by atomic mass is 11.0. The lowest BCUT2D eigenvalue weighted by molar-refractivity contribution is 0.391. The molecule has 0 atom stereocenters. The van der Waals surface area contributed by atoms with Crippen molar-refractivity contribution in [3.63, 3.8) is 0 Å². The third kappa shape index (κ3) is 2.02. The van der Waals surface area contributed by atoms with Gasteiger partial charge in [-0.1, -0.05) is 6.92 Å². The molecule has 0 heterocycles. The first kappa shape index (κ1) is 9.48. The zero-order chi connectivity index (χ0) is 8.36. The molecule has 0 aliphatic heterocycles. The molecular weight excluding hydrogens is 169 g/mol. The number of rotatable bonds is 2. The topological polar surface area (TPSA) is 34.1 Å². The second-order valence-electron chi connectivity index (χ2n) is 1.44. The molecule has 10 heavy (non-hydrogen) atoms. The standard InChI is InChI=1S/C4H5F3O2S/c1-2-10(8,9)4(7)3(5)6/h2H2,1H3. The summed E-state index contributed by atoms with van der Waals surface area (Å²) >= 11 is 0. The highest BCUT2D eigenvalue weighted by atomic mass is 32.2. The van der Waals surface area contributed by atoms with Crippen LogP contribution in [0.15, 0.2) is 11.2 Å². The first-order valence-electron chi connectivity index (χ1n) is 2.35. The van der Waals surface area contributed by atoms with Gasteiger partial charge in [-0.05, 0) is 0 Å². The molecule has 6 heteroatoms. The van der Waals surface area contributed by atoms with Gasteiger partial charge in [-0.15, -0.1) is 0 Å². The fourth-order valence-corrected chi connectivity index (χ4v) is 0.733. The summed E-state index contributed by atoms with van der Waals surface area (Å²) in [7, 11) is -4.33. The zero-order valence-electron chi connectivity index (χ0n) is 5.07. The molecule has 0 bridgehead atoms. The smallest absolute Gasteiger partial charge is 0.221 e. The Labute approximate surface area is 56.3 Å². The number of sulfone groups is 1. The molecule has 0 saturated carbocycles. The second-order valence-corrected chi connectivity index (χ2v) is 3.60. The predicted octanol–water partition coefficient (Wildman–Crippen LogP) is 1.46. The monoisotopic (exact) mass is 174 g/mol. The molecule has 60 valence electrons. The van der Waals surface area contributed by atoms with E-state index in [0.717, 1.165) is 6.92 Å². The van der Waals surface area contributed by atoms with Crippen molar-refractivity contribution in [1.82, 2.24) is 0 Å². The summed E-state index contributed by atoms with van der Waals surface area (Å²) in [5, 5.41) is -2.32. The van der Waals surface area contributed by atoms with Gasteiger partial charge >= 0.3 is 6.08 Å². The van der Waals surface area contributed by atoms with Gasteiger partial charge in [0.15, 0.2) is 0 Å². The Hall–Kier alpha value is -0.520. The van der Waals surface area contributed by atoms with E-state index in [2.05, 4.69) is 0 Å². The zero-order valence-corrected chi connectivity index (χ0v) is 5.88. The Morgan fingerprint density at radius 1 is 1.30 bits per heavy atom. The summed E-state index contributed by atoms with van der Waals surface area (Å²) in [5.41, 5.74) is 0. The van der Waals surface area contributed by atoms with Crippen LogP contribution < -0.4 is 0 Å². The molecule has 0 aromatic heterocycles. The van der Waals surface area contributed by atoms with Crippen LogP contribution in [0.3, 0.4) is 0 Å². The van der Waals surface area contributed by atoms with Gasteiger partial charge in [-0.3, -0.25) is 0 Å². The molecule has 0 N–H and O–H groups in total. The minimum absolute atomic E-state index is 0.657. The Morgan fingerprint density at radius 2 is 1.70 bits per heavy atom. The van der Waals surface area contributed by atoms with Crippen LogP contribution in [0.1, 0.15) is 6.92 Å². The predicted molar refractivity (Wildman–Crippen MR) is 29.8 cm³/mol. The molecule has 0 amide bonds. The van der Waals surface area contributed by atoms with Crippen molar-refractivity contribution < 1.29 is 21.6 Å². The first-order chi connectivity index (χ1) is 4.41. The Morgan fingerprint density at radius 3 is 1.80 bits per heavy atom. The maximum Gasteiger partial charge on any atom is 0.317 e. The fraction of sp³-hybridized carbons (Fsp3) is 0.500. The summed E-state index contributed by atoms with van der Waals surface area (Å²) in [5.74, 6) is -0.657. The van der Waals surface area contributed by atoms with Crippen molar-refractivity contribution in [3.05, 3.63) is 11.2 Å². The average Bonchev–Trinajstić information content (AvgIpc) is 1.86. The molecule has 0 aromatic carbocycles. The van der Waals surface area contributed by atoms with E-state index in [1.54, 1.807) is 0 Å². The van der Waals surface area contributed by atoms with Crippen LogP contribution in [0.5, 0.6) is 0 Å². The Kier molecular flexibility index (Phi) is 2.89. The van der Waals surface area contributed by atoms with Crippen molar-refractivity contribution in [3.8, 4) is 0 Å². The van der Waals surface area contributed by atoms with Gasteiger partial charge in [-0.25, -0.2) is 8.42 Å². The van der Waals surface area contributed by atoms with Gasteiger partial charge in [0.1, 0.15) is 0 Å². The first-order valence-corrected chi connectivity index (χ1v) is 4.00. The highest BCUT2D eigenvalue weighted by Crippen LogP contribution is 2.16. The highest BCUT2D eigenvalue weighted by molar-refractivity contribution is 7.94. The molecule has 0 saturated heterocycles. The van der Waals surface area contributed by atoms with E-state index < -0.39 is 26.8 Å². The summed E-state index contributed by atoms with van der Waals surface area (Å²) < 4.78 is 54.8. The lowest BCUT2D eigenvalue weighted by Gasteiger charge is -1.92. The molecule has 0 spiro atoms. The molecule has 0 aliphatic rings. The van der Waals surface area contributed by atoms with Crippen LogP contribution in [-0.4, -0.2) is 14.2 Å². The van der Waals surface area contributed by atoms with Crippen LogP contribution in [-0.2, 0) is 9.84 Å². The molecule has 0 aromatic rings. The normalized spacial score (nSPS) is 11.2. The van der Waals surface area contributed by atoms with Crippen molar-refractivity contribution in [2.24, 2.45) is 0 Å². The summed E-state index contributed by atoms with van der Waals surface area (Å²) in [6.07, 6.45) is -2.79. The lowest BCUT2D eigenvalue weighted by Crippen LogP contribution is -2.03.